The van der Waals surface area contributed by atoms with Crippen LogP contribution in [0.2, 0.25) is 0 Å². The van der Waals surface area contributed by atoms with Gasteiger partial charge in [-0.25, -0.2) is 13.9 Å². The van der Waals surface area contributed by atoms with Crippen molar-refractivity contribution in [3.05, 3.63) is 84.1 Å². The number of fused-ring (bicyclic) bond motifs is 1. The van der Waals surface area contributed by atoms with E-state index in [2.05, 4.69) is 15.4 Å². The predicted octanol–water partition coefficient (Wildman–Crippen LogP) is 3.01. The van der Waals surface area contributed by atoms with E-state index in [1.165, 1.54) is 30.1 Å². The average Bonchev–Trinajstić information content (AvgIpc) is 3.41. The zero-order valence-electron chi connectivity index (χ0n) is 16.1. The molecule has 4 aromatic rings. The molecule has 0 saturated carbocycles. The zero-order valence-corrected chi connectivity index (χ0v) is 16.1. The van der Waals surface area contributed by atoms with E-state index >= 15 is 0 Å². The molecule has 2 N–H and O–H groups in total. The summed E-state index contributed by atoms with van der Waals surface area (Å²) < 4.78 is 20.1. The van der Waals surface area contributed by atoms with Crippen LogP contribution in [0.15, 0.2) is 67.0 Å². The molecule has 0 spiro atoms. The minimum atomic E-state index is -0.902. The van der Waals surface area contributed by atoms with Gasteiger partial charge in [-0.05, 0) is 29.8 Å². The summed E-state index contributed by atoms with van der Waals surface area (Å²) in [7, 11) is 1.27. The number of esters is 1. The summed E-state index contributed by atoms with van der Waals surface area (Å²) in [6.45, 7) is 0. The van der Waals surface area contributed by atoms with Gasteiger partial charge < -0.3 is 15.0 Å². The highest BCUT2D eigenvalue weighted by atomic mass is 19.1. The summed E-state index contributed by atoms with van der Waals surface area (Å²) in [5.41, 5.74) is 2.09. The number of hydrogen-bond donors (Lipinski definition) is 2. The van der Waals surface area contributed by atoms with Crippen LogP contribution in [0.3, 0.4) is 0 Å². The normalized spacial score (nSPS) is 11.9. The van der Waals surface area contributed by atoms with Gasteiger partial charge in [-0.3, -0.25) is 4.79 Å². The van der Waals surface area contributed by atoms with Crippen molar-refractivity contribution >= 4 is 22.8 Å². The molecule has 7 nitrogen and oxygen atoms in total. The minimum absolute atomic E-state index is 0.0612. The Kier molecular flexibility index (Phi) is 5.30. The van der Waals surface area contributed by atoms with Crippen LogP contribution in [0.25, 0.3) is 16.6 Å². The van der Waals surface area contributed by atoms with Crippen molar-refractivity contribution in [2.24, 2.45) is 0 Å². The molecule has 2 aromatic carbocycles. The number of ether oxygens (including phenoxy) is 1. The third-order valence-corrected chi connectivity index (χ3v) is 4.81. The minimum Gasteiger partial charge on any atom is -0.467 e. The van der Waals surface area contributed by atoms with E-state index in [1.807, 2.05) is 24.3 Å². The van der Waals surface area contributed by atoms with Gasteiger partial charge in [0.2, 0.25) is 0 Å². The Morgan fingerprint density at radius 1 is 1.17 bits per heavy atom. The number of para-hydroxylation sites is 2. The highest BCUT2D eigenvalue weighted by Gasteiger charge is 2.25. The number of rotatable bonds is 6. The highest BCUT2D eigenvalue weighted by Crippen LogP contribution is 2.19. The highest BCUT2D eigenvalue weighted by molar-refractivity contribution is 5.95. The molecule has 4 rings (SSSR count). The first-order valence-corrected chi connectivity index (χ1v) is 9.31. The zero-order chi connectivity index (χ0) is 21.1. The Bertz CT molecular complexity index is 1210. The molecule has 2 heterocycles. The molecule has 0 aliphatic heterocycles. The molecule has 0 radical (unpaired) electrons. The van der Waals surface area contributed by atoms with Crippen molar-refractivity contribution in [1.82, 2.24) is 20.1 Å². The van der Waals surface area contributed by atoms with Crippen molar-refractivity contribution in [3.63, 3.8) is 0 Å². The van der Waals surface area contributed by atoms with Crippen LogP contribution < -0.4 is 5.32 Å². The lowest BCUT2D eigenvalue weighted by atomic mass is 10.0. The van der Waals surface area contributed by atoms with Gasteiger partial charge in [0.1, 0.15) is 17.5 Å². The van der Waals surface area contributed by atoms with E-state index in [-0.39, 0.29) is 17.8 Å². The summed E-state index contributed by atoms with van der Waals surface area (Å²) >= 11 is 0. The molecular formula is C22H19FN4O3. The smallest absolute Gasteiger partial charge is 0.328 e. The van der Waals surface area contributed by atoms with E-state index in [9.17, 15) is 14.0 Å². The second-order valence-corrected chi connectivity index (χ2v) is 6.71. The summed E-state index contributed by atoms with van der Waals surface area (Å²) in [6.07, 6.45) is 3.54. The molecule has 8 heteroatoms. The van der Waals surface area contributed by atoms with Gasteiger partial charge in [0.05, 0.1) is 7.11 Å². The molecule has 152 valence electrons. The fourth-order valence-electron chi connectivity index (χ4n) is 3.30. The van der Waals surface area contributed by atoms with Crippen LogP contribution in [0.5, 0.6) is 0 Å². The second-order valence-electron chi connectivity index (χ2n) is 6.71. The predicted molar refractivity (Wildman–Crippen MR) is 109 cm³/mol. The van der Waals surface area contributed by atoms with Crippen LogP contribution in [0.4, 0.5) is 4.39 Å². The lowest BCUT2D eigenvalue weighted by molar-refractivity contribution is -0.142. The fourth-order valence-corrected chi connectivity index (χ4v) is 3.30. The standard InChI is InChI=1S/C22H19FN4O3/c1-30-22(29)19(12-14-13-24-17-8-4-2-6-15(14)17)25-21(28)18-10-11-27(26-18)20-9-5-3-7-16(20)23/h2-11,13,19,24H,12H2,1H3,(H,25,28)/t19-/m1/s1. The number of halogens is 1. The van der Waals surface area contributed by atoms with Gasteiger partial charge in [-0.15, -0.1) is 0 Å². The van der Waals surface area contributed by atoms with E-state index < -0.39 is 23.7 Å². The number of benzene rings is 2. The quantitative estimate of drug-likeness (QED) is 0.482. The Morgan fingerprint density at radius 2 is 1.93 bits per heavy atom. The molecule has 0 aliphatic rings. The molecular weight excluding hydrogens is 387 g/mol. The molecule has 0 unspecified atom stereocenters. The number of nitrogens with zero attached hydrogens (tertiary/aromatic N) is 2. The van der Waals surface area contributed by atoms with E-state index in [0.717, 1.165) is 16.5 Å². The number of carbonyl (C=O) groups is 2. The summed E-state index contributed by atoms with van der Waals surface area (Å²) in [4.78, 5) is 28.1. The number of carbonyl (C=O) groups excluding carboxylic acids is 2. The molecule has 0 fully saturated rings. The summed E-state index contributed by atoms with van der Waals surface area (Å²) in [5.74, 6) is -1.58. The van der Waals surface area contributed by atoms with Crippen LogP contribution in [-0.4, -0.2) is 39.8 Å². The molecule has 1 atom stereocenters. The Hall–Kier alpha value is -3.94. The van der Waals surface area contributed by atoms with Crippen LogP contribution in [-0.2, 0) is 16.0 Å². The molecule has 0 aliphatic carbocycles. The van der Waals surface area contributed by atoms with Gasteiger partial charge >= 0.3 is 5.97 Å². The maximum Gasteiger partial charge on any atom is 0.328 e. The fraction of sp³-hybridized carbons (Fsp3) is 0.136. The Balaban J connectivity index is 1.54. The lowest BCUT2D eigenvalue weighted by Gasteiger charge is -2.15. The number of amides is 1. The molecule has 30 heavy (non-hydrogen) atoms. The van der Waals surface area contributed by atoms with Crippen LogP contribution in [0.1, 0.15) is 16.1 Å². The molecule has 0 bridgehead atoms. The number of H-pyrrole nitrogens is 1. The molecule has 2 aromatic heterocycles. The molecule has 0 saturated heterocycles. The SMILES string of the molecule is COC(=O)[C@@H](Cc1c[nH]c2ccccc12)NC(=O)c1ccn(-c2ccccc2F)n1. The maximum atomic E-state index is 14.0. The number of nitrogens with one attached hydrogen (secondary N) is 2. The summed E-state index contributed by atoms with van der Waals surface area (Å²) in [5, 5.41) is 7.76. The van der Waals surface area contributed by atoms with Crippen LogP contribution >= 0.6 is 0 Å². The first-order chi connectivity index (χ1) is 14.6. The van der Waals surface area contributed by atoms with Gasteiger partial charge in [0.25, 0.3) is 5.91 Å². The van der Waals surface area contributed by atoms with Crippen molar-refractivity contribution in [1.29, 1.82) is 0 Å². The van der Waals surface area contributed by atoms with Crippen LogP contribution in [0, 0.1) is 5.82 Å². The maximum absolute atomic E-state index is 14.0. The topological polar surface area (TPSA) is 89.0 Å². The van der Waals surface area contributed by atoms with Gasteiger partial charge in [0.15, 0.2) is 5.69 Å². The second kappa shape index (κ2) is 8.20. The Labute approximate surface area is 171 Å². The molecule has 1 amide bonds. The number of methoxy groups -OCH3 is 1. The van der Waals surface area contributed by atoms with Gasteiger partial charge in [0, 0.05) is 29.7 Å². The van der Waals surface area contributed by atoms with Crippen molar-refractivity contribution in [3.8, 4) is 5.69 Å². The largest absolute Gasteiger partial charge is 0.467 e. The van der Waals surface area contributed by atoms with Gasteiger partial charge in [-0.2, -0.15) is 5.10 Å². The summed E-state index contributed by atoms with van der Waals surface area (Å²) in [6, 6.07) is 14.4. The van der Waals surface area contributed by atoms with E-state index in [1.54, 1.807) is 24.4 Å². The van der Waals surface area contributed by atoms with Crippen molar-refractivity contribution in [2.45, 2.75) is 12.5 Å². The number of aromatic nitrogens is 3. The van der Waals surface area contributed by atoms with Crippen molar-refractivity contribution in [2.75, 3.05) is 7.11 Å². The Morgan fingerprint density at radius 3 is 2.73 bits per heavy atom. The monoisotopic (exact) mass is 406 g/mol. The van der Waals surface area contributed by atoms with E-state index in [4.69, 9.17) is 4.74 Å². The average molecular weight is 406 g/mol. The third-order valence-electron chi connectivity index (χ3n) is 4.81. The number of hydrogen-bond acceptors (Lipinski definition) is 4. The van der Waals surface area contributed by atoms with Crippen molar-refractivity contribution < 1.29 is 18.7 Å². The first kappa shape index (κ1) is 19.4. The lowest BCUT2D eigenvalue weighted by Crippen LogP contribution is -2.43. The number of aromatic amines is 1. The van der Waals surface area contributed by atoms with E-state index in [0.29, 0.717) is 0 Å². The third kappa shape index (κ3) is 3.80. The first-order valence-electron chi connectivity index (χ1n) is 9.31. The van der Waals surface area contributed by atoms with Gasteiger partial charge in [-0.1, -0.05) is 30.3 Å².